The number of aromatic hydroxyl groups is 1. The Kier molecular flexibility index (Phi) is 4.79. The van der Waals surface area contributed by atoms with Crippen LogP contribution in [0.15, 0.2) is 47.4 Å². The van der Waals surface area contributed by atoms with E-state index in [-0.39, 0.29) is 16.7 Å². The molecule has 0 saturated carbocycles. The molecule has 24 heavy (non-hydrogen) atoms. The number of thioether (sulfide) groups is 1. The molecule has 2 atom stereocenters. The Morgan fingerprint density at radius 1 is 1.17 bits per heavy atom. The molecule has 5 N–H and O–H groups in total. The molecule has 4 heteroatoms. The molecule has 0 heterocycles. The Hall–Kier alpha value is -1.65. The minimum Gasteiger partial charge on any atom is -0.508 e. The number of para-hydroxylation sites is 1. The van der Waals surface area contributed by atoms with E-state index in [2.05, 4.69) is 26.0 Å². The molecule has 0 aliphatic heterocycles. The lowest BCUT2D eigenvalue weighted by atomic mass is 9.63. The lowest BCUT2D eigenvalue weighted by Gasteiger charge is -2.47. The van der Waals surface area contributed by atoms with Crippen LogP contribution in [0.4, 0.5) is 5.69 Å². The zero-order valence-corrected chi connectivity index (χ0v) is 15.1. The molecule has 3 nitrogen and oxygen atoms in total. The number of anilines is 1. The molecule has 2 aromatic rings. The van der Waals surface area contributed by atoms with Gasteiger partial charge < -0.3 is 16.6 Å². The first kappa shape index (κ1) is 17.2. The van der Waals surface area contributed by atoms with Crippen molar-refractivity contribution in [2.24, 2.45) is 5.73 Å². The van der Waals surface area contributed by atoms with Gasteiger partial charge in [-0.3, -0.25) is 0 Å². The molecular weight excluding hydrogens is 316 g/mol. The average molecular weight is 343 g/mol. The van der Waals surface area contributed by atoms with Crippen LogP contribution in [0.3, 0.4) is 0 Å². The van der Waals surface area contributed by atoms with Crippen LogP contribution in [0.1, 0.15) is 37.8 Å². The van der Waals surface area contributed by atoms with E-state index in [9.17, 15) is 5.11 Å². The zero-order valence-electron chi connectivity index (χ0n) is 14.3. The minimum atomic E-state index is -0.104. The van der Waals surface area contributed by atoms with Gasteiger partial charge in [-0.05, 0) is 54.7 Å². The van der Waals surface area contributed by atoms with Crippen LogP contribution < -0.4 is 11.5 Å². The lowest BCUT2D eigenvalue weighted by Crippen LogP contribution is -2.54. The van der Waals surface area contributed by atoms with Crippen molar-refractivity contribution in [2.75, 3.05) is 5.73 Å². The van der Waals surface area contributed by atoms with E-state index in [0.717, 1.165) is 29.8 Å². The third kappa shape index (κ3) is 2.78. The Bertz CT molecular complexity index is 727. The number of nitrogens with two attached hydrogens (primary N) is 2. The largest absolute Gasteiger partial charge is 0.508 e. The molecule has 1 aliphatic rings. The summed E-state index contributed by atoms with van der Waals surface area (Å²) in [7, 11) is 0. The first-order chi connectivity index (χ1) is 11.5. The van der Waals surface area contributed by atoms with Crippen LogP contribution in [0.5, 0.6) is 5.75 Å². The third-order valence-electron chi connectivity index (χ3n) is 5.55. The van der Waals surface area contributed by atoms with Gasteiger partial charge in [0.1, 0.15) is 5.75 Å². The highest BCUT2D eigenvalue weighted by atomic mass is 32.2. The number of hydrogen-bond acceptors (Lipinski definition) is 4. The van der Waals surface area contributed by atoms with Crippen molar-refractivity contribution in [1.29, 1.82) is 0 Å². The smallest absolute Gasteiger partial charge is 0.115 e. The van der Waals surface area contributed by atoms with Gasteiger partial charge in [0, 0.05) is 27.3 Å². The van der Waals surface area contributed by atoms with Crippen LogP contribution in [-0.4, -0.2) is 16.4 Å². The highest BCUT2D eigenvalue weighted by Crippen LogP contribution is 2.47. The number of hydrogen-bond donors (Lipinski definition) is 3. The predicted molar refractivity (Wildman–Crippen MR) is 103 cm³/mol. The normalized spacial score (nSPS) is 22.1. The van der Waals surface area contributed by atoms with E-state index >= 15 is 0 Å². The lowest BCUT2D eigenvalue weighted by molar-refractivity contribution is 0.290. The average Bonchev–Trinajstić information content (AvgIpc) is 2.59. The molecule has 0 spiro atoms. The molecule has 0 saturated heterocycles. The fourth-order valence-corrected chi connectivity index (χ4v) is 5.41. The number of phenols is 1. The second-order valence-corrected chi connectivity index (χ2v) is 7.91. The van der Waals surface area contributed by atoms with Gasteiger partial charge in [-0.25, -0.2) is 0 Å². The summed E-state index contributed by atoms with van der Waals surface area (Å²) in [5.41, 5.74) is 16.2. The minimum absolute atomic E-state index is 0.0198. The highest BCUT2D eigenvalue weighted by molar-refractivity contribution is 8.00. The number of benzene rings is 2. The van der Waals surface area contributed by atoms with Gasteiger partial charge >= 0.3 is 0 Å². The SMILES string of the molecule is CCC1(CC)c2cc(O)ccc2CC(Sc2ccccc2N)C1N. The Balaban J connectivity index is 2.02. The Morgan fingerprint density at radius 3 is 2.54 bits per heavy atom. The molecule has 0 fully saturated rings. The Labute approximate surface area is 148 Å². The van der Waals surface area contributed by atoms with Crippen LogP contribution in [0.2, 0.25) is 0 Å². The first-order valence-corrected chi connectivity index (χ1v) is 9.49. The van der Waals surface area contributed by atoms with Gasteiger partial charge in [-0.15, -0.1) is 11.8 Å². The highest BCUT2D eigenvalue weighted by Gasteiger charge is 2.45. The van der Waals surface area contributed by atoms with Crippen molar-refractivity contribution in [3.05, 3.63) is 53.6 Å². The summed E-state index contributed by atoms with van der Waals surface area (Å²) in [5, 5.41) is 10.2. The molecule has 128 valence electrons. The number of fused-ring (bicyclic) bond motifs is 1. The quantitative estimate of drug-likeness (QED) is 0.732. The van der Waals surface area contributed by atoms with Crippen molar-refractivity contribution in [3.63, 3.8) is 0 Å². The van der Waals surface area contributed by atoms with Crippen molar-refractivity contribution in [2.45, 2.75) is 54.7 Å². The summed E-state index contributed by atoms with van der Waals surface area (Å²) < 4.78 is 0. The second-order valence-electron chi connectivity index (χ2n) is 6.63. The standard InChI is InChI=1S/C20H26N2OS/c1-3-20(4-2)15-12-14(23)10-9-13(15)11-18(19(20)22)24-17-8-6-5-7-16(17)21/h5-10,12,18-19,23H,3-4,11,21-22H2,1-2H3. The molecule has 0 bridgehead atoms. The van der Waals surface area contributed by atoms with Gasteiger partial charge in [-0.2, -0.15) is 0 Å². The molecule has 2 aromatic carbocycles. The summed E-state index contributed by atoms with van der Waals surface area (Å²) in [6.07, 6.45) is 2.82. The van der Waals surface area contributed by atoms with E-state index in [1.807, 2.05) is 24.3 Å². The monoisotopic (exact) mass is 342 g/mol. The van der Waals surface area contributed by atoms with Crippen LogP contribution >= 0.6 is 11.8 Å². The fourth-order valence-electron chi connectivity index (χ4n) is 4.05. The molecule has 0 amide bonds. The summed E-state index contributed by atoms with van der Waals surface area (Å²) in [5.74, 6) is 0.325. The topological polar surface area (TPSA) is 72.3 Å². The van der Waals surface area contributed by atoms with Gasteiger partial charge in [0.25, 0.3) is 0 Å². The maximum absolute atomic E-state index is 9.97. The van der Waals surface area contributed by atoms with Gasteiger partial charge in [0.05, 0.1) is 0 Å². The first-order valence-electron chi connectivity index (χ1n) is 8.61. The molecule has 1 aliphatic carbocycles. The number of nitrogen functional groups attached to an aromatic ring is 1. The third-order valence-corrected chi connectivity index (χ3v) is 6.94. The van der Waals surface area contributed by atoms with Crippen LogP contribution in [-0.2, 0) is 11.8 Å². The van der Waals surface area contributed by atoms with Gasteiger partial charge in [0.2, 0.25) is 0 Å². The van der Waals surface area contributed by atoms with E-state index in [0.29, 0.717) is 5.75 Å². The molecule has 0 radical (unpaired) electrons. The van der Waals surface area contributed by atoms with Gasteiger partial charge in [-0.1, -0.05) is 32.0 Å². The predicted octanol–water partition coefficient (Wildman–Crippen LogP) is 4.08. The molecule has 0 aromatic heterocycles. The van der Waals surface area contributed by atoms with Crippen molar-refractivity contribution in [1.82, 2.24) is 0 Å². The molecular formula is C20H26N2OS. The van der Waals surface area contributed by atoms with Crippen LogP contribution in [0.25, 0.3) is 0 Å². The van der Waals surface area contributed by atoms with Crippen molar-refractivity contribution in [3.8, 4) is 5.75 Å². The van der Waals surface area contributed by atoms with Crippen molar-refractivity contribution >= 4 is 17.4 Å². The van der Waals surface area contributed by atoms with Crippen LogP contribution in [0, 0.1) is 0 Å². The number of phenolic OH excluding ortho intramolecular Hbond substituents is 1. The van der Waals surface area contributed by atoms with Crippen molar-refractivity contribution < 1.29 is 5.11 Å². The van der Waals surface area contributed by atoms with E-state index < -0.39 is 0 Å². The van der Waals surface area contributed by atoms with E-state index in [4.69, 9.17) is 11.5 Å². The summed E-state index contributed by atoms with van der Waals surface area (Å²) in [6.45, 7) is 4.39. The molecule has 3 rings (SSSR count). The maximum atomic E-state index is 9.97. The zero-order chi connectivity index (χ0) is 17.3. The maximum Gasteiger partial charge on any atom is 0.115 e. The fraction of sp³-hybridized carbons (Fsp3) is 0.400. The second kappa shape index (κ2) is 6.69. The van der Waals surface area contributed by atoms with E-state index in [1.54, 1.807) is 17.8 Å². The molecule has 2 unspecified atom stereocenters. The Morgan fingerprint density at radius 2 is 1.88 bits per heavy atom. The summed E-state index contributed by atoms with van der Waals surface area (Å²) in [4.78, 5) is 1.10. The van der Waals surface area contributed by atoms with Gasteiger partial charge in [0.15, 0.2) is 0 Å². The number of rotatable bonds is 4. The van der Waals surface area contributed by atoms with E-state index in [1.165, 1.54) is 11.1 Å². The summed E-state index contributed by atoms with van der Waals surface area (Å²) in [6, 6.07) is 13.8. The summed E-state index contributed by atoms with van der Waals surface area (Å²) >= 11 is 1.79.